The van der Waals surface area contributed by atoms with Gasteiger partial charge in [0.25, 0.3) is 0 Å². The molecule has 1 saturated heterocycles. The number of aromatic nitrogens is 1. The fourth-order valence-corrected chi connectivity index (χ4v) is 9.94. The lowest BCUT2D eigenvalue weighted by molar-refractivity contribution is -0.142. The molecule has 7 atom stereocenters. The molecule has 1 aromatic heterocycles. The number of amides is 2. The second kappa shape index (κ2) is 8.65. The number of hydrogen-bond acceptors (Lipinski definition) is 8. The summed E-state index contributed by atoms with van der Waals surface area (Å²) in [4.78, 5) is 55.2. The molecule has 36 heavy (non-hydrogen) atoms. The number of carboxylic acids is 1. The summed E-state index contributed by atoms with van der Waals surface area (Å²) in [5, 5.41) is 20.1. The predicted molar refractivity (Wildman–Crippen MR) is 131 cm³/mol. The van der Waals surface area contributed by atoms with Crippen molar-refractivity contribution in [2.45, 2.75) is 42.4 Å². The van der Waals surface area contributed by atoms with Crippen LogP contribution in [0.15, 0.2) is 28.0 Å². The van der Waals surface area contributed by atoms with Crippen LogP contribution in [-0.2, 0) is 14.4 Å². The quantitative estimate of drug-likeness (QED) is 0.465. The van der Waals surface area contributed by atoms with Gasteiger partial charge in [0.2, 0.25) is 11.8 Å². The number of aromatic hydroxyl groups is 1. The van der Waals surface area contributed by atoms with Gasteiger partial charge in [-0.3, -0.25) is 24.1 Å². The first kappa shape index (κ1) is 23.6. The number of rotatable bonds is 7. The fourth-order valence-electron chi connectivity index (χ4n) is 7.06. The Balaban J connectivity index is 1.38. The van der Waals surface area contributed by atoms with Gasteiger partial charge in [-0.05, 0) is 55.2 Å². The number of phenols is 1. The van der Waals surface area contributed by atoms with Crippen LogP contribution in [0.25, 0.3) is 0 Å². The predicted octanol–water partition coefficient (Wildman–Crippen LogP) is 2.88. The Labute approximate surface area is 214 Å². The summed E-state index contributed by atoms with van der Waals surface area (Å²) in [6.45, 7) is 2.38. The smallest absolute Gasteiger partial charge is 0.305 e. The van der Waals surface area contributed by atoms with Gasteiger partial charge in [-0.2, -0.15) is 0 Å². The van der Waals surface area contributed by atoms with Gasteiger partial charge in [-0.1, -0.05) is 17.4 Å². The molecule has 2 aliphatic heterocycles. The second-order valence-electron chi connectivity index (χ2n) is 9.95. The van der Waals surface area contributed by atoms with Crippen molar-refractivity contribution in [1.29, 1.82) is 0 Å². The number of imide groups is 1. The highest BCUT2D eigenvalue weighted by Crippen LogP contribution is 2.68. The molecule has 1 aromatic carbocycles. The van der Waals surface area contributed by atoms with Gasteiger partial charge in [-0.25, -0.2) is 0 Å². The third-order valence-electron chi connectivity index (χ3n) is 8.23. The van der Waals surface area contributed by atoms with Crippen LogP contribution in [0.5, 0.6) is 11.5 Å². The summed E-state index contributed by atoms with van der Waals surface area (Å²) in [7, 11) is 0. The first-order chi connectivity index (χ1) is 17.3. The molecule has 2 saturated carbocycles. The number of thioether (sulfide) groups is 1. The maximum absolute atomic E-state index is 13.5. The van der Waals surface area contributed by atoms with Crippen molar-refractivity contribution in [1.82, 2.24) is 9.88 Å². The number of carboxylic acid groups (broad SMARTS) is 1. The van der Waals surface area contributed by atoms with E-state index in [-0.39, 0.29) is 76.7 Å². The average Bonchev–Trinajstić information content (AvgIpc) is 3.56. The number of fused-ring (bicyclic) bond motifs is 9. The number of nitrogens with zero attached hydrogens (tertiary/aromatic N) is 1. The van der Waals surface area contributed by atoms with Crippen LogP contribution in [0.2, 0.25) is 0 Å². The van der Waals surface area contributed by atoms with Crippen molar-refractivity contribution in [3.05, 3.63) is 38.3 Å². The van der Waals surface area contributed by atoms with Gasteiger partial charge >= 0.3 is 10.8 Å². The van der Waals surface area contributed by atoms with Gasteiger partial charge in [-0.15, -0.1) is 11.8 Å². The van der Waals surface area contributed by atoms with E-state index in [0.29, 0.717) is 12.4 Å². The zero-order valence-corrected chi connectivity index (χ0v) is 21.1. The van der Waals surface area contributed by atoms with E-state index in [1.807, 2.05) is 19.1 Å². The highest BCUT2D eigenvalue weighted by atomic mass is 32.2. The average molecular weight is 531 g/mol. The highest BCUT2D eigenvalue weighted by molar-refractivity contribution is 8.00. The van der Waals surface area contributed by atoms with Gasteiger partial charge in [0.05, 0.1) is 23.5 Å². The standard InChI is InChI=1S/C25H26N2O7S2/c1-2-34-14-8-10(5-6-13(14)28)16-17-11-9-12(20(17)35-22-21(16)36-25(33)26-22)19-18(11)23(31)27(24(19)32)7-3-4-15(29)30/h5-6,8,11-12,16-20,28H,2-4,7,9H2,1H3,(H,26,33)(H,29,30)/t11-,12-,16-,17+,18-,19-,20-/m1/s1. The topological polar surface area (TPSA) is 137 Å². The summed E-state index contributed by atoms with van der Waals surface area (Å²) in [5.74, 6) is -1.77. The van der Waals surface area contributed by atoms with Gasteiger partial charge in [0, 0.05) is 29.0 Å². The number of hydrogen-bond donors (Lipinski definition) is 3. The van der Waals surface area contributed by atoms with Crippen LogP contribution in [0, 0.1) is 29.6 Å². The second-order valence-corrected chi connectivity index (χ2v) is 12.1. The molecule has 190 valence electrons. The van der Waals surface area contributed by atoms with Crippen LogP contribution in [0.4, 0.5) is 0 Å². The van der Waals surface area contributed by atoms with Gasteiger partial charge < -0.3 is 19.9 Å². The van der Waals surface area contributed by atoms with Crippen molar-refractivity contribution in [3.63, 3.8) is 0 Å². The van der Waals surface area contributed by atoms with E-state index in [0.717, 1.165) is 21.9 Å². The van der Waals surface area contributed by atoms with Crippen molar-refractivity contribution >= 4 is 40.9 Å². The molecular formula is C25H26N2O7S2. The van der Waals surface area contributed by atoms with Crippen molar-refractivity contribution < 1.29 is 29.3 Å². The number of likely N-dealkylation sites (tertiary alicyclic amines) is 1. The Morgan fingerprint density at radius 2 is 1.94 bits per heavy atom. The van der Waals surface area contributed by atoms with Crippen LogP contribution < -0.4 is 9.61 Å². The Kier molecular flexibility index (Phi) is 5.67. The Morgan fingerprint density at radius 3 is 2.67 bits per heavy atom. The normalized spacial score (nSPS) is 31.9. The molecule has 2 bridgehead atoms. The third-order valence-corrected chi connectivity index (χ3v) is 10.8. The molecule has 2 amide bonds. The number of carbonyl (C=O) groups excluding carboxylic acids is 2. The number of aromatic amines is 1. The van der Waals surface area contributed by atoms with Crippen molar-refractivity contribution in [2.75, 3.05) is 13.2 Å². The maximum atomic E-state index is 13.5. The van der Waals surface area contributed by atoms with Crippen LogP contribution in [0.1, 0.15) is 42.5 Å². The molecule has 4 aliphatic rings. The Hall–Kier alpha value is -2.79. The lowest BCUT2D eigenvalue weighted by Gasteiger charge is -2.43. The van der Waals surface area contributed by atoms with Crippen LogP contribution >= 0.6 is 23.1 Å². The lowest BCUT2D eigenvalue weighted by Crippen LogP contribution is -2.42. The molecular weight excluding hydrogens is 504 g/mol. The minimum Gasteiger partial charge on any atom is -0.504 e. The Bertz CT molecular complexity index is 1320. The number of carbonyl (C=O) groups is 3. The number of H-pyrrole nitrogens is 1. The molecule has 0 spiro atoms. The maximum Gasteiger partial charge on any atom is 0.305 e. The number of aliphatic carboxylic acids is 1. The zero-order chi connectivity index (χ0) is 25.3. The van der Waals surface area contributed by atoms with E-state index < -0.39 is 11.9 Å². The van der Waals surface area contributed by atoms with Crippen LogP contribution in [-0.4, -0.2) is 56.3 Å². The van der Waals surface area contributed by atoms with E-state index in [4.69, 9.17) is 9.84 Å². The van der Waals surface area contributed by atoms with Crippen molar-refractivity contribution in [3.8, 4) is 11.5 Å². The fraction of sp³-hybridized carbons (Fsp3) is 0.520. The van der Waals surface area contributed by atoms with E-state index in [1.54, 1.807) is 17.8 Å². The molecule has 9 nitrogen and oxygen atoms in total. The third kappa shape index (κ3) is 3.42. The summed E-state index contributed by atoms with van der Waals surface area (Å²) < 4.78 is 5.63. The Morgan fingerprint density at radius 1 is 1.19 bits per heavy atom. The molecule has 0 unspecified atom stereocenters. The molecule has 3 heterocycles. The van der Waals surface area contributed by atoms with Gasteiger partial charge in [0.15, 0.2) is 11.5 Å². The van der Waals surface area contributed by atoms with Gasteiger partial charge in [0.1, 0.15) is 0 Å². The van der Waals surface area contributed by atoms with Crippen molar-refractivity contribution in [2.24, 2.45) is 29.6 Å². The molecule has 2 aliphatic carbocycles. The first-order valence-electron chi connectivity index (χ1n) is 12.2. The lowest BCUT2D eigenvalue weighted by atomic mass is 9.68. The molecule has 3 fully saturated rings. The molecule has 6 rings (SSSR count). The van der Waals surface area contributed by atoms with Crippen LogP contribution in [0.3, 0.4) is 0 Å². The number of benzene rings is 1. The molecule has 3 N–H and O–H groups in total. The minimum absolute atomic E-state index is 0.0125. The summed E-state index contributed by atoms with van der Waals surface area (Å²) >= 11 is 2.80. The molecule has 11 heteroatoms. The van der Waals surface area contributed by atoms with E-state index in [9.17, 15) is 24.3 Å². The SMILES string of the molecule is CCOc1cc([C@H]2c3sc(=O)[nH]c3S[C@@H]3[C@@H]4C[C@@H]([C@H]5C(=O)N(CCCC(=O)O)C(=O)[C@H]45)[C@@H]23)ccc1O. The largest absolute Gasteiger partial charge is 0.504 e. The molecule has 2 aromatic rings. The summed E-state index contributed by atoms with van der Waals surface area (Å²) in [6, 6.07) is 5.29. The van der Waals surface area contributed by atoms with E-state index >= 15 is 0 Å². The highest BCUT2D eigenvalue weighted by Gasteiger charge is 2.69. The number of phenolic OH excluding ortho intramolecular Hbond substituents is 1. The number of ether oxygens (including phenoxy) is 1. The number of thiazole rings is 1. The summed E-state index contributed by atoms with van der Waals surface area (Å²) in [5.41, 5.74) is 0.919. The number of nitrogens with one attached hydrogen (secondary N) is 1. The monoisotopic (exact) mass is 530 g/mol. The molecule has 0 radical (unpaired) electrons. The minimum atomic E-state index is -0.944. The van der Waals surface area contributed by atoms with E-state index in [1.165, 1.54) is 16.2 Å². The van der Waals surface area contributed by atoms with E-state index in [2.05, 4.69) is 4.98 Å². The first-order valence-corrected chi connectivity index (χ1v) is 13.9. The zero-order valence-electron chi connectivity index (χ0n) is 19.5. The summed E-state index contributed by atoms with van der Waals surface area (Å²) in [6.07, 6.45) is 0.946.